The van der Waals surface area contributed by atoms with Gasteiger partial charge in [0.25, 0.3) is 5.91 Å². The number of tetrazole rings is 1. The molecule has 0 aliphatic rings. The van der Waals surface area contributed by atoms with Gasteiger partial charge in [0, 0.05) is 5.56 Å². The highest BCUT2D eigenvalue weighted by atomic mass is 19.4. The maximum absolute atomic E-state index is 13.1. The number of hydrogen-bond acceptors (Lipinski definition) is 4. The molecule has 146 valence electrons. The van der Waals surface area contributed by atoms with Crippen molar-refractivity contribution in [2.45, 2.75) is 32.5 Å². The summed E-state index contributed by atoms with van der Waals surface area (Å²) in [6.07, 6.45) is -3.24. The van der Waals surface area contributed by atoms with Crippen molar-refractivity contribution in [1.82, 2.24) is 25.5 Å². The van der Waals surface area contributed by atoms with Crippen LogP contribution in [0.2, 0.25) is 0 Å². The Labute approximate surface area is 159 Å². The SMILES string of the molecule is Cc1ccc(-c2cc(C(=O)NC(C)(C)C(F)(F)F)cc(-n3cnnn3)c2)cc1. The molecule has 28 heavy (non-hydrogen) atoms. The van der Waals surface area contributed by atoms with Gasteiger partial charge in [0.1, 0.15) is 11.9 Å². The molecule has 6 nitrogen and oxygen atoms in total. The molecular formula is C19H18F3N5O. The molecule has 3 aromatic rings. The fourth-order valence-corrected chi connectivity index (χ4v) is 2.49. The van der Waals surface area contributed by atoms with E-state index in [4.69, 9.17) is 0 Å². The van der Waals surface area contributed by atoms with Crippen molar-refractivity contribution in [3.63, 3.8) is 0 Å². The van der Waals surface area contributed by atoms with E-state index < -0.39 is 17.6 Å². The van der Waals surface area contributed by atoms with Gasteiger partial charge in [-0.25, -0.2) is 4.68 Å². The van der Waals surface area contributed by atoms with Crippen LogP contribution in [0.3, 0.4) is 0 Å². The quantitative estimate of drug-likeness (QED) is 0.738. The van der Waals surface area contributed by atoms with E-state index in [-0.39, 0.29) is 5.56 Å². The van der Waals surface area contributed by atoms with Crippen molar-refractivity contribution >= 4 is 5.91 Å². The predicted octanol–water partition coefficient (Wildman–Crippen LogP) is 3.71. The molecule has 0 aliphatic carbocycles. The molecule has 9 heteroatoms. The summed E-state index contributed by atoms with van der Waals surface area (Å²) in [5, 5.41) is 13.0. The second kappa shape index (κ2) is 7.06. The molecule has 1 amide bonds. The third-order valence-corrected chi connectivity index (χ3v) is 4.31. The summed E-state index contributed by atoms with van der Waals surface area (Å²) in [5.74, 6) is -0.842. The lowest BCUT2D eigenvalue weighted by Gasteiger charge is -2.29. The number of carbonyl (C=O) groups is 1. The molecule has 0 aliphatic heterocycles. The summed E-state index contributed by atoms with van der Waals surface area (Å²) < 4.78 is 40.8. The highest BCUT2D eigenvalue weighted by Gasteiger charge is 2.48. The molecule has 1 heterocycles. The maximum Gasteiger partial charge on any atom is 0.410 e. The molecule has 0 atom stereocenters. The van der Waals surface area contributed by atoms with Crippen LogP contribution in [0.1, 0.15) is 29.8 Å². The van der Waals surface area contributed by atoms with Gasteiger partial charge >= 0.3 is 6.18 Å². The van der Waals surface area contributed by atoms with Crippen molar-refractivity contribution in [3.05, 3.63) is 59.9 Å². The molecule has 2 aromatic carbocycles. The molecule has 0 radical (unpaired) electrons. The van der Waals surface area contributed by atoms with Gasteiger partial charge in [0.2, 0.25) is 0 Å². The lowest BCUT2D eigenvalue weighted by molar-refractivity contribution is -0.182. The number of nitrogens with one attached hydrogen (secondary N) is 1. The Balaban J connectivity index is 2.05. The first-order valence-corrected chi connectivity index (χ1v) is 8.41. The van der Waals surface area contributed by atoms with Crippen molar-refractivity contribution in [2.24, 2.45) is 0 Å². The second-order valence-electron chi connectivity index (χ2n) is 6.97. The fraction of sp³-hybridized carbons (Fsp3) is 0.263. The number of alkyl halides is 3. The third-order valence-electron chi connectivity index (χ3n) is 4.31. The Morgan fingerprint density at radius 2 is 1.71 bits per heavy atom. The Morgan fingerprint density at radius 3 is 2.29 bits per heavy atom. The van der Waals surface area contributed by atoms with Gasteiger partial charge in [0.05, 0.1) is 5.69 Å². The lowest BCUT2D eigenvalue weighted by Crippen LogP contribution is -2.54. The summed E-state index contributed by atoms with van der Waals surface area (Å²) in [6.45, 7) is 3.77. The van der Waals surface area contributed by atoms with Gasteiger partial charge in [-0.3, -0.25) is 4.79 Å². The van der Waals surface area contributed by atoms with Crippen molar-refractivity contribution in [1.29, 1.82) is 0 Å². The number of aromatic nitrogens is 4. The van der Waals surface area contributed by atoms with Gasteiger partial charge < -0.3 is 5.32 Å². The van der Waals surface area contributed by atoms with E-state index in [1.165, 1.54) is 17.1 Å². The van der Waals surface area contributed by atoms with Crippen molar-refractivity contribution in [2.75, 3.05) is 0 Å². The topological polar surface area (TPSA) is 72.7 Å². The van der Waals surface area contributed by atoms with Crippen molar-refractivity contribution < 1.29 is 18.0 Å². The average molecular weight is 389 g/mol. The number of halogens is 3. The fourth-order valence-electron chi connectivity index (χ4n) is 2.49. The first kappa shape index (κ1) is 19.5. The molecule has 1 N–H and O–H groups in total. The van der Waals surface area contributed by atoms with Gasteiger partial charge in [-0.05, 0) is 60.5 Å². The summed E-state index contributed by atoms with van der Waals surface area (Å²) >= 11 is 0. The van der Waals surface area contributed by atoms with Crippen LogP contribution in [0.5, 0.6) is 0 Å². The highest BCUT2D eigenvalue weighted by molar-refractivity contribution is 5.96. The van der Waals surface area contributed by atoms with Crippen LogP contribution in [-0.2, 0) is 0 Å². The van der Waals surface area contributed by atoms with Crippen LogP contribution >= 0.6 is 0 Å². The standard InChI is InChI=1S/C19H18F3N5O/c1-12-4-6-13(7-5-12)14-8-15(10-16(9-14)27-11-23-25-26-27)17(28)24-18(2,3)19(20,21)22/h4-11H,1-3H3,(H,24,28). The minimum absolute atomic E-state index is 0.0703. The molecular weight excluding hydrogens is 371 g/mol. The minimum atomic E-state index is -4.59. The normalized spacial score (nSPS) is 12.1. The van der Waals surface area contributed by atoms with E-state index >= 15 is 0 Å². The molecule has 3 rings (SSSR count). The lowest BCUT2D eigenvalue weighted by atomic mass is 9.99. The van der Waals surface area contributed by atoms with E-state index in [0.29, 0.717) is 11.3 Å². The maximum atomic E-state index is 13.1. The third kappa shape index (κ3) is 4.03. The van der Waals surface area contributed by atoms with Crippen LogP contribution < -0.4 is 5.32 Å². The Kier molecular flexibility index (Phi) is 4.93. The van der Waals surface area contributed by atoms with Crippen LogP contribution in [0.15, 0.2) is 48.8 Å². The summed E-state index contributed by atoms with van der Waals surface area (Å²) in [5.41, 5.74) is 0.677. The Morgan fingerprint density at radius 1 is 1.04 bits per heavy atom. The molecule has 0 spiro atoms. The van der Waals surface area contributed by atoms with Crippen LogP contribution in [0.25, 0.3) is 16.8 Å². The van der Waals surface area contributed by atoms with Gasteiger partial charge in [-0.15, -0.1) is 5.10 Å². The minimum Gasteiger partial charge on any atom is -0.338 e. The Bertz CT molecular complexity index is 980. The summed E-state index contributed by atoms with van der Waals surface area (Å²) in [4.78, 5) is 12.6. The van der Waals surface area contributed by atoms with Crippen molar-refractivity contribution in [3.8, 4) is 16.8 Å². The molecule has 0 saturated carbocycles. The number of nitrogens with zero attached hydrogens (tertiary/aromatic N) is 4. The van der Waals surface area contributed by atoms with Crippen LogP contribution in [-0.4, -0.2) is 37.8 Å². The number of aryl methyl sites for hydroxylation is 1. The van der Waals surface area contributed by atoms with E-state index in [9.17, 15) is 18.0 Å². The number of rotatable bonds is 4. The summed E-state index contributed by atoms with van der Waals surface area (Å²) in [6, 6.07) is 12.3. The molecule has 0 fully saturated rings. The van der Waals surface area contributed by atoms with Gasteiger partial charge in [-0.1, -0.05) is 29.8 Å². The van der Waals surface area contributed by atoms with E-state index in [2.05, 4.69) is 15.5 Å². The monoisotopic (exact) mass is 389 g/mol. The predicted molar refractivity (Wildman–Crippen MR) is 96.9 cm³/mol. The zero-order valence-corrected chi connectivity index (χ0v) is 15.4. The zero-order valence-electron chi connectivity index (χ0n) is 15.4. The molecule has 0 bridgehead atoms. The van der Waals surface area contributed by atoms with E-state index in [1.807, 2.05) is 36.5 Å². The van der Waals surface area contributed by atoms with Crippen LogP contribution in [0, 0.1) is 6.92 Å². The molecule has 0 saturated heterocycles. The highest BCUT2D eigenvalue weighted by Crippen LogP contribution is 2.30. The number of benzene rings is 2. The van der Waals surface area contributed by atoms with Gasteiger partial charge in [-0.2, -0.15) is 13.2 Å². The molecule has 0 unspecified atom stereocenters. The number of carbonyl (C=O) groups excluding carboxylic acids is 1. The van der Waals surface area contributed by atoms with Crippen LogP contribution in [0.4, 0.5) is 13.2 Å². The smallest absolute Gasteiger partial charge is 0.338 e. The zero-order chi connectivity index (χ0) is 20.5. The summed E-state index contributed by atoms with van der Waals surface area (Å²) in [7, 11) is 0. The molecule has 1 aromatic heterocycles. The first-order chi connectivity index (χ1) is 13.1. The average Bonchev–Trinajstić information content (AvgIpc) is 3.15. The number of hydrogen-bond donors (Lipinski definition) is 1. The van der Waals surface area contributed by atoms with Gasteiger partial charge in [0.15, 0.2) is 0 Å². The van der Waals surface area contributed by atoms with E-state index in [0.717, 1.165) is 25.0 Å². The van der Waals surface area contributed by atoms with E-state index in [1.54, 1.807) is 12.1 Å². The number of amides is 1. The largest absolute Gasteiger partial charge is 0.410 e. The second-order valence-corrected chi connectivity index (χ2v) is 6.97. The first-order valence-electron chi connectivity index (χ1n) is 8.41. The Hall–Kier alpha value is -3.23.